The summed E-state index contributed by atoms with van der Waals surface area (Å²) >= 11 is 5.76. The van der Waals surface area contributed by atoms with Crippen LogP contribution in [0.5, 0.6) is 0 Å². The molecule has 0 saturated heterocycles. The first kappa shape index (κ1) is 21.0. The molecule has 0 fully saturated rings. The topological polar surface area (TPSA) is 51.2 Å². The van der Waals surface area contributed by atoms with Crippen LogP contribution in [0.1, 0.15) is 47.8 Å². The Labute approximate surface area is 175 Å². The van der Waals surface area contributed by atoms with Gasteiger partial charge in [0, 0.05) is 16.7 Å². The molecule has 0 unspecified atom stereocenters. The number of hydrogen-bond acceptors (Lipinski definition) is 4. The molecule has 0 spiro atoms. The van der Waals surface area contributed by atoms with E-state index in [-0.39, 0.29) is 0 Å². The van der Waals surface area contributed by atoms with E-state index in [1.54, 1.807) is 75.4 Å². The molecule has 0 aromatic heterocycles. The van der Waals surface area contributed by atoms with E-state index in [9.17, 15) is 14.4 Å². The predicted octanol–water partition coefficient (Wildman–Crippen LogP) is 5.91. The Morgan fingerprint density at radius 1 is 0.552 bits per heavy atom. The summed E-state index contributed by atoms with van der Waals surface area (Å²) in [6, 6.07) is 17.0. The Hall–Kier alpha value is -2.68. The number of carbonyl (C=O) groups is 3. The molecule has 29 heavy (non-hydrogen) atoms. The fraction of sp³-hybridized carbons (Fsp3) is 0.125. The molecule has 3 rings (SSSR count). The molecule has 0 bridgehead atoms. The third-order valence-corrected chi connectivity index (χ3v) is 8.92. The van der Waals surface area contributed by atoms with Crippen LogP contribution in [0.2, 0.25) is 0 Å². The standard InChI is InChI=1S/C24H21O3PS/c1-16-10-4-7-13-19(16)22(25)28(29,23(26)20-14-8-5-11-17(20)2)24(27)21-15-9-6-12-18(21)3/h4-15H,1-3H3. The summed E-state index contributed by atoms with van der Waals surface area (Å²) in [4.78, 5) is 40.9. The van der Waals surface area contributed by atoms with E-state index in [1.807, 2.05) is 18.2 Å². The van der Waals surface area contributed by atoms with Crippen LogP contribution in [-0.4, -0.2) is 16.6 Å². The molecule has 146 valence electrons. The van der Waals surface area contributed by atoms with Crippen LogP contribution in [0.15, 0.2) is 72.8 Å². The van der Waals surface area contributed by atoms with Crippen molar-refractivity contribution in [3.63, 3.8) is 0 Å². The van der Waals surface area contributed by atoms with Crippen molar-refractivity contribution in [1.29, 1.82) is 0 Å². The van der Waals surface area contributed by atoms with Crippen LogP contribution in [0.4, 0.5) is 0 Å². The van der Waals surface area contributed by atoms with Crippen LogP contribution in [0.25, 0.3) is 0 Å². The zero-order valence-corrected chi connectivity index (χ0v) is 18.2. The van der Waals surface area contributed by atoms with Crippen molar-refractivity contribution in [3.05, 3.63) is 106 Å². The molecule has 0 heterocycles. The van der Waals surface area contributed by atoms with Crippen LogP contribution in [-0.2, 0) is 11.8 Å². The molecule has 0 aliphatic carbocycles. The number of carbonyl (C=O) groups excluding carboxylic acids is 3. The summed E-state index contributed by atoms with van der Waals surface area (Å²) < 4.78 is 0. The molecule has 3 nitrogen and oxygen atoms in total. The monoisotopic (exact) mass is 420 g/mol. The molecular formula is C24H21O3PS. The van der Waals surface area contributed by atoms with E-state index in [2.05, 4.69) is 0 Å². The first-order valence-corrected chi connectivity index (χ1v) is 12.0. The summed E-state index contributed by atoms with van der Waals surface area (Å²) in [5.74, 6) is 0. The maximum atomic E-state index is 13.6. The van der Waals surface area contributed by atoms with Crippen LogP contribution in [0, 0.1) is 20.8 Å². The van der Waals surface area contributed by atoms with E-state index < -0.39 is 22.6 Å². The molecule has 3 aromatic rings. The average molecular weight is 420 g/mol. The SMILES string of the molecule is Cc1ccccc1C(=O)P(=S)(C(=O)c1ccccc1C)C(=O)c1ccccc1C. The second-order valence-corrected chi connectivity index (χ2v) is 11.0. The van der Waals surface area contributed by atoms with Gasteiger partial charge in [0.2, 0.25) is 16.6 Å². The van der Waals surface area contributed by atoms with Crippen LogP contribution < -0.4 is 0 Å². The minimum absolute atomic E-state index is 0.333. The Morgan fingerprint density at radius 2 is 0.793 bits per heavy atom. The van der Waals surface area contributed by atoms with E-state index in [0.717, 1.165) is 0 Å². The molecule has 0 atom stereocenters. The summed E-state index contributed by atoms with van der Waals surface area (Å²) in [5, 5.41) is 0. The average Bonchev–Trinajstić information content (AvgIpc) is 2.72. The fourth-order valence-corrected chi connectivity index (χ4v) is 6.43. The molecular weight excluding hydrogens is 399 g/mol. The largest absolute Gasteiger partial charge is 0.287 e. The van der Waals surface area contributed by atoms with E-state index in [1.165, 1.54) is 0 Å². The zero-order chi connectivity index (χ0) is 21.2. The van der Waals surface area contributed by atoms with Gasteiger partial charge in [-0.1, -0.05) is 84.6 Å². The lowest BCUT2D eigenvalue weighted by atomic mass is 10.1. The Morgan fingerprint density at radius 3 is 1.03 bits per heavy atom. The maximum Gasteiger partial charge on any atom is 0.209 e. The summed E-state index contributed by atoms with van der Waals surface area (Å²) in [7, 11) is 0. The van der Waals surface area contributed by atoms with Crippen molar-refractivity contribution in [3.8, 4) is 0 Å². The van der Waals surface area contributed by atoms with Crippen molar-refractivity contribution in [1.82, 2.24) is 0 Å². The second kappa shape index (κ2) is 8.36. The molecule has 3 aromatic carbocycles. The van der Waals surface area contributed by atoms with Gasteiger partial charge in [0.05, 0.1) is 0 Å². The summed E-state index contributed by atoms with van der Waals surface area (Å²) in [6.07, 6.45) is 0. The number of hydrogen-bond donors (Lipinski definition) is 0. The first-order valence-electron chi connectivity index (χ1n) is 9.20. The van der Waals surface area contributed by atoms with Gasteiger partial charge in [0.1, 0.15) is 0 Å². The second-order valence-electron chi connectivity index (χ2n) is 6.97. The van der Waals surface area contributed by atoms with Crippen molar-refractivity contribution < 1.29 is 14.4 Å². The van der Waals surface area contributed by atoms with Crippen molar-refractivity contribution in [2.45, 2.75) is 20.8 Å². The highest BCUT2D eigenvalue weighted by atomic mass is 32.4. The molecule has 0 N–H and O–H groups in total. The quantitative estimate of drug-likeness (QED) is 0.465. The van der Waals surface area contributed by atoms with Crippen molar-refractivity contribution in [2.24, 2.45) is 0 Å². The predicted molar refractivity (Wildman–Crippen MR) is 121 cm³/mol. The summed E-state index contributed by atoms with van der Waals surface area (Å²) in [6.45, 7) is 5.34. The number of rotatable bonds is 6. The Kier molecular flexibility index (Phi) is 6.07. The van der Waals surface area contributed by atoms with Crippen LogP contribution >= 0.6 is 6.04 Å². The molecule has 5 heteroatoms. The van der Waals surface area contributed by atoms with E-state index in [0.29, 0.717) is 33.4 Å². The van der Waals surface area contributed by atoms with Gasteiger partial charge >= 0.3 is 0 Å². The van der Waals surface area contributed by atoms with Crippen LogP contribution in [0.3, 0.4) is 0 Å². The van der Waals surface area contributed by atoms with Gasteiger partial charge < -0.3 is 0 Å². The molecule has 0 saturated carbocycles. The third kappa shape index (κ3) is 3.78. The minimum atomic E-state index is -3.82. The van der Waals surface area contributed by atoms with Gasteiger partial charge in [-0.25, -0.2) is 0 Å². The van der Waals surface area contributed by atoms with Crippen molar-refractivity contribution >= 4 is 34.4 Å². The Balaban J connectivity index is 2.26. The lowest BCUT2D eigenvalue weighted by Crippen LogP contribution is -2.20. The van der Waals surface area contributed by atoms with Crippen molar-refractivity contribution in [2.75, 3.05) is 0 Å². The third-order valence-electron chi connectivity index (χ3n) is 4.98. The van der Waals surface area contributed by atoms with Gasteiger partial charge in [-0.2, -0.15) is 0 Å². The van der Waals surface area contributed by atoms with E-state index >= 15 is 0 Å². The highest BCUT2D eigenvalue weighted by Gasteiger charge is 2.44. The van der Waals surface area contributed by atoms with Gasteiger partial charge in [-0.15, -0.1) is 0 Å². The first-order chi connectivity index (χ1) is 13.8. The van der Waals surface area contributed by atoms with Gasteiger partial charge in [-0.3, -0.25) is 14.4 Å². The molecule has 0 radical (unpaired) electrons. The molecule has 0 amide bonds. The zero-order valence-electron chi connectivity index (χ0n) is 16.5. The van der Waals surface area contributed by atoms with Gasteiger partial charge in [0.15, 0.2) is 6.04 Å². The molecule has 0 aliphatic heterocycles. The van der Waals surface area contributed by atoms with Gasteiger partial charge in [-0.05, 0) is 37.5 Å². The highest BCUT2D eigenvalue weighted by molar-refractivity contribution is 8.38. The minimum Gasteiger partial charge on any atom is -0.287 e. The molecule has 0 aliphatic rings. The van der Waals surface area contributed by atoms with E-state index in [4.69, 9.17) is 11.8 Å². The lowest BCUT2D eigenvalue weighted by Gasteiger charge is -2.21. The maximum absolute atomic E-state index is 13.6. The van der Waals surface area contributed by atoms with Gasteiger partial charge in [0.25, 0.3) is 0 Å². The fourth-order valence-electron chi connectivity index (χ4n) is 3.22. The lowest BCUT2D eigenvalue weighted by molar-refractivity contribution is 0.102. The highest BCUT2D eigenvalue weighted by Crippen LogP contribution is 2.55. The summed E-state index contributed by atoms with van der Waals surface area (Å²) in [5.41, 5.74) is 1.44. The normalized spacial score (nSPS) is 11.1. The Bertz CT molecular complexity index is 1030. The smallest absolute Gasteiger partial charge is 0.209 e. The number of benzene rings is 3. The number of aryl methyl sites for hydroxylation is 3.